The summed E-state index contributed by atoms with van der Waals surface area (Å²) < 4.78 is 10.8. The second-order valence-corrected chi connectivity index (χ2v) is 6.16. The SMILES string of the molecule is CC(C)OC1CN(C(=O)O)CC1NC(=O)OC(C)(C)C. The van der Waals surface area contributed by atoms with Crippen LogP contribution in [0.3, 0.4) is 0 Å². The summed E-state index contributed by atoms with van der Waals surface area (Å²) in [4.78, 5) is 24.0. The van der Waals surface area contributed by atoms with Gasteiger partial charge in [-0.25, -0.2) is 9.59 Å². The molecule has 7 nitrogen and oxygen atoms in total. The number of carbonyl (C=O) groups is 2. The molecule has 0 aromatic carbocycles. The van der Waals surface area contributed by atoms with Crippen molar-refractivity contribution in [1.82, 2.24) is 10.2 Å². The lowest BCUT2D eigenvalue weighted by Crippen LogP contribution is -2.46. The standard InChI is InChI=1S/C13H24N2O5/c1-8(2)19-10-7-15(12(17)18)6-9(10)14-11(16)20-13(3,4)5/h8-10H,6-7H2,1-5H3,(H,14,16)(H,17,18). The number of amides is 2. The predicted molar refractivity (Wildman–Crippen MR) is 72.8 cm³/mol. The highest BCUT2D eigenvalue weighted by atomic mass is 16.6. The zero-order chi connectivity index (χ0) is 15.5. The molecule has 0 aromatic rings. The molecular formula is C13H24N2O5. The normalized spacial score (nSPS) is 23.0. The van der Waals surface area contributed by atoms with Crippen LogP contribution in [0.15, 0.2) is 0 Å². The van der Waals surface area contributed by atoms with Crippen molar-refractivity contribution in [2.75, 3.05) is 13.1 Å². The zero-order valence-corrected chi connectivity index (χ0v) is 12.7. The lowest BCUT2D eigenvalue weighted by molar-refractivity contribution is -0.00253. The minimum atomic E-state index is -1.02. The molecule has 20 heavy (non-hydrogen) atoms. The molecule has 1 rings (SSSR count). The van der Waals surface area contributed by atoms with Gasteiger partial charge in [-0.05, 0) is 34.6 Å². The predicted octanol–water partition coefficient (Wildman–Crippen LogP) is 1.67. The Balaban J connectivity index is 2.64. The van der Waals surface area contributed by atoms with Crippen LogP contribution in [0.4, 0.5) is 9.59 Å². The Morgan fingerprint density at radius 1 is 1.30 bits per heavy atom. The van der Waals surface area contributed by atoms with E-state index in [0.717, 1.165) is 0 Å². The highest BCUT2D eigenvalue weighted by Crippen LogP contribution is 2.16. The Bertz CT molecular complexity index is 364. The Kier molecular flexibility index (Phi) is 5.21. The Hall–Kier alpha value is -1.50. The quantitative estimate of drug-likeness (QED) is 0.824. The van der Waals surface area contributed by atoms with E-state index in [1.807, 2.05) is 13.8 Å². The first-order valence-corrected chi connectivity index (χ1v) is 6.71. The number of ether oxygens (including phenoxy) is 2. The van der Waals surface area contributed by atoms with Gasteiger partial charge in [0, 0.05) is 6.54 Å². The molecule has 0 aliphatic carbocycles. The molecule has 0 spiro atoms. The van der Waals surface area contributed by atoms with Gasteiger partial charge in [0.25, 0.3) is 0 Å². The monoisotopic (exact) mass is 288 g/mol. The van der Waals surface area contributed by atoms with Crippen molar-refractivity contribution in [3.63, 3.8) is 0 Å². The van der Waals surface area contributed by atoms with Gasteiger partial charge in [-0.15, -0.1) is 0 Å². The molecular weight excluding hydrogens is 264 g/mol. The average Bonchev–Trinajstić information content (AvgIpc) is 2.57. The number of carbonyl (C=O) groups excluding carboxylic acids is 1. The van der Waals surface area contributed by atoms with Crippen LogP contribution in [0, 0.1) is 0 Å². The van der Waals surface area contributed by atoms with Gasteiger partial charge in [0.05, 0.1) is 24.8 Å². The highest BCUT2D eigenvalue weighted by molar-refractivity contribution is 5.69. The van der Waals surface area contributed by atoms with Gasteiger partial charge < -0.3 is 24.8 Å². The summed E-state index contributed by atoms with van der Waals surface area (Å²) in [6.45, 7) is 9.49. The summed E-state index contributed by atoms with van der Waals surface area (Å²) in [5.41, 5.74) is -0.594. The zero-order valence-electron chi connectivity index (χ0n) is 12.7. The molecule has 1 heterocycles. The molecule has 2 unspecified atom stereocenters. The number of rotatable bonds is 3. The van der Waals surface area contributed by atoms with Crippen LogP contribution in [0.25, 0.3) is 0 Å². The van der Waals surface area contributed by atoms with Gasteiger partial charge in [0.2, 0.25) is 0 Å². The molecule has 2 amide bonds. The fraction of sp³-hybridized carbons (Fsp3) is 0.846. The maximum absolute atomic E-state index is 11.8. The second kappa shape index (κ2) is 6.30. The molecule has 1 aliphatic rings. The smallest absolute Gasteiger partial charge is 0.408 e. The molecule has 1 fully saturated rings. The number of likely N-dealkylation sites (tertiary alicyclic amines) is 1. The summed E-state index contributed by atoms with van der Waals surface area (Å²) in [5, 5.41) is 11.7. The highest BCUT2D eigenvalue weighted by Gasteiger charge is 2.38. The number of carboxylic acid groups (broad SMARTS) is 1. The van der Waals surface area contributed by atoms with Crippen molar-refractivity contribution in [2.24, 2.45) is 0 Å². The van der Waals surface area contributed by atoms with E-state index in [9.17, 15) is 9.59 Å². The number of alkyl carbamates (subject to hydrolysis) is 1. The van der Waals surface area contributed by atoms with Gasteiger partial charge in [-0.2, -0.15) is 0 Å². The second-order valence-electron chi connectivity index (χ2n) is 6.16. The molecule has 116 valence electrons. The third kappa shape index (κ3) is 5.24. The van der Waals surface area contributed by atoms with Crippen LogP contribution in [0.1, 0.15) is 34.6 Å². The molecule has 2 N–H and O–H groups in total. The molecule has 0 bridgehead atoms. The number of hydrogen-bond donors (Lipinski definition) is 2. The van der Waals surface area contributed by atoms with E-state index >= 15 is 0 Å². The summed E-state index contributed by atoms with van der Waals surface area (Å²) in [5.74, 6) is 0. The van der Waals surface area contributed by atoms with Crippen molar-refractivity contribution >= 4 is 12.2 Å². The third-order valence-electron chi connectivity index (χ3n) is 2.69. The van der Waals surface area contributed by atoms with E-state index in [1.54, 1.807) is 20.8 Å². The van der Waals surface area contributed by atoms with E-state index in [0.29, 0.717) is 0 Å². The molecule has 1 saturated heterocycles. The number of hydrogen-bond acceptors (Lipinski definition) is 4. The third-order valence-corrected chi connectivity index (χ3v) is 2.69. The van der Waals surface area contributed by atoms with Crippen molar-refractivity contribution < 1.29 is 24.2 Å². The first-order valence-electron chi connectivity index (χ1n) is 6.71. The van der Waals surface area contributed by atoms with Crippen LogP contribution in [-0.4, -0.2) is 59.1 Å². The maximum atomic E-state index is 11.8. The van der Waals surface area contributed by atoms with Crippen molar-refractivity contribution in [3.05, 3.63) is 0 Å². The van der Waals surface area contributed by atoms with Gasteiger partial charge in [0.1, 0.15) is 5.60 Å². The topological polar surface area (TPSA) is 88.1 Å². The molecule has 2 atom stereocenters. The minimum absolute atomic E-state index is 0.0447. The number of nitrogens with one attached hydrogen (secondary N) is 1. The lowest BCUT2D eigenvalue weighted by Gasteiger charge is -2.25. The minimum Gasteiger partial charge on any atom is -0.465 e. The molecule has 0 radical (unpaired) electrons. The Morgan fingerprint density at radius 3 is 2.35 bits per heavy atom. The Labute approximate surface area is 119 Å². The summed E-state index contributed by atoms with van der Waals surface area (Å²) >= 11 is 0. The van der Waals surface area contributed by atoms with Gasteiger partial charge in [-0.1, -0.05) is 0 Å². The van der Waals surface area contributed by atoms with Crippen LogP contribution >= 0.6 is 0 Å². The van der Waals surface area contributed by atoms with Crippen LogP contribution < -0.4 is 5.32 Å². The maximum Gasteiger partial charge on any atom is 0.408 e. The van der Waals surface area contributed by atoms with Gasteiger partial charge in [0.15, 0.2) is 0 Å². The van der Waals surface area contributed by atoms with Gasteiger partial charge in [-0.3, -0.25) is 0 Å². The molecule has 7 heteroatoms. The van der Waals surface area contributed by atoms with Crippen LogP contribution in [0.2, 0.25) is 0 Å². The van der Waals surface area contributed by atoms with Crippen molar-refractivity contribution in [3.8, 4) is 0 Å². The van der Waals surface area contributed by atoms with Crippen LogP contribution in [0.5, 0.6) is 0 Å². The van der Waals surface area contributed by atoms with Gasteiger partial charge >= 0.3 is 12.2 Å². The van der Waals surface area contributed by atoms with E-state index in [1.165, 1.54) is 4.90 Å². The first kappa shape index (κ1) is 16.6. The van der Waals surface area contributed by atoms with Crippen molar-refractivity contribution in [2.45, 2.75) is 58.5 Å². The summed E-state index contributed by atoms with van der Waals surface area (Å²) in [6, 6.07) is -0.400. The van der Waals surface area contributed by atoms with E-state index in [-0.39, 0.29) is 25.3 Å². The molecule has 0 aromatic heterocycles. The summed E-state index contributed by atoms with van der Waals surface area (Å²) in [6.07, 6.45) is -1.99. The number of nitrogens with zero attached hydrogens (tertiary/aromatic N) is 1. The molecule has 1 aliphatic heterocycles. The van der Waals surface area contributed by atoms with Crippen molar-refractivity contribution in [1.29, 1.82) is 0 Å². The average molecular weight is 288 g/mol. The fourth-order valence-electron chi connectivity index (χ4n) is 2.02. The first-order chi connectivity index (χ1) is 9.08. The van der Waals surface area contributed by atoms with E-state index in [4.69, 9.17) is 14.6 Å². The van der Waals surface area contributed by atoms with Crippen LogP contribution in [-0.2, 0) is 9.47 Å². The fourth-order valence-corrected chi connectivity index (χ4v) is 2.02. The Morgan fingerprint density at radius 2 is 1.90 bits per heavy atom. The molecule has 0 saturated carbocycles. The largest absolute Gasteiger partial charge is 0.465 e. The summed E-state index contributed by atoms with van der Waals surface area (Å²) in [7, 11) is 0. The van der Waals surface area contributed by atoms with E-state index < -0.39 is 23.8 Å². The lowest BCUT2D eigenvalue weighted by atomic mass is 10.2. The van der Waals surface area contributed by atoms with E-state index in [2.05, 4.69) is 5.32 Å².